The summed E-state index contributed by atoms with van der Waals surface area (Å²) in [6.07, 6.45) is 0. The zero-order chi connectivity index (χ0) is 34.6. The predicted molar refractivity (Wildman–Crippen MR) is 231 cm³/mol. The molecule has 4 aromatic heterocycles. The Morgan fingerprint density at radius 3 is 1.79 bits per heavy atom. The summed E-state index contributed by atoms with van der Waals surface area (Å²) < 4.78 is 7.85. The molecule has 0 bridgehead atoms. The molecule has 0 radical (unpaired) electrons. The van der Waals surface area contributed by atoms with Gasteiger partial charge < -0.3 is 9.30 Å². The Kier molecular flexibility index (Phi) is 6.18. The third kappa shape index (κ3) is 4.31. The van der Waals surface area contributed by atoms with E-state index in [9.17, 15) is 0 Å². The molecule has 0 spiro atoms. The monoisotopic (exact) mass is 710 g/mol. The van der Waals surface area contributed by atoms with Crippen molar-refractivity contribution in [1.82, 2.24) is 4.40 Å². The van der Waals surface area contributed by atoms with E-state index in [1.807, 2.05) is 22.7 Å². The molecule has 2 nitrogen and oxygen atoms in total. The molecular weight excluding hydrogens is 681 g/mol. The van der Waals surface area contributed by atoms with Crippen molar-refractivity contribution in [2.24, 2.45) is 0 Å². The molecule has 0 aliphatic rings. The van der Waals surface area contributed by atoms with Crippen molar-refractivity contribution in [3.05, 3.63) is 175 Å². The van der Waals surface area contributed by atoms with E-state index >= 15 is 0 Å². The van der Waals surface area contributed by atoms with Crippen LogP contribution in [0.15, 0.2) is 170 Å². The van der Waals surface area contributed by atoms with Gasteiger partial charge in [0.2, 0.25) is 0 Å². The summed E-state index contributed by atoms with van der Waals surface area (Å²) in [6, 6.07) is 63.2. The number of hydrogen-bond donors (Lipinski definition) is 0. The molecule has 248 valence electrons. The van der Waals surface area contributed by atoms with Crippen LogP contribution in [-0.4, -0.2) is 4.40 Å². The minimum absolute atomic E-state index is 0.738. The van der Waals surface area contributed by atoms with Crippen LogP contribution in [0.4, 0.5) is 11.4 Å². The number of hydrogen-bond acceptors (Lipinski definition) is 3. The quantitative estimate of drug-likeness (QED) is 0.173. The summed E-state index contributed by atoms with van der Waals surface area (Å²) in [6.45, 7) is 0.738. The van der Waals surface area contributed by atoms with Crippen molar-refractivity contribution >= 4 is 112 Å². The minimum atomic E-state index is 0.738. The fourth-order valence-corrected chi connectivity index (χ4v) is 11.0. The molecule has 0 aliphatic carbocycles. The average Bonchev–Trinajstić information content (AvgIpc) is 3.97. The van der Waals surface area contributed by atoms with Crippen molar-refractivity contribution in [1.29, 1.82) is 0 Å². The molecule has 0 fully saturated rings. The van der Waals surface area contributed by atoms with Crippen LogP contribution >= 0.6 is 22.7 Å². The molecule has 4 heterocycles. The van der Waals surface area contributed by atoms with Crippen LogP contribution in [0.1, 0.15) is 5.56 Å². The van der Waals surface area contributed by atoms with Crippen molar-refractivity contribution in [2.75, 3.05) is 4.90 Å². The van der Waals surface area contributed by atoms with E-state index in [2.05, 4.69) is 179 Å². The molecule has 0 N–H and O–H groups in total. The Morgan fingerprint density at radius 1 is 0.396 bits per heavy atom. The zero-order valence-corrected chi connectivity index (χ0v) is 30.2. The molecule has 0 amide bonds. The minimum Gasteiger partial charge on any atom is -0.335 e. The summed E-state index contributed by atoms with van der Waals surface area (Å²) in [5, 5.41) is 10.5. The van der Waals surface area contributed by atoms with E-state index in [-0.39, 0.29) is 0 Å². The molecule has 0 saturated carbocycles. The van der Waals surface area contributed by atoms with Gasteiger partial charge in [0, 0.05) is 74.1 Å². The first kappa shape index (κ1) is 29.4. The highest BCUT2D eigenvalue weighted by atomic mass is 32.1. The van der Waals surface area contributed by atoms with Crippen molar-refractivity contribution in [3.63, 3.8) is 0 Å². The number of benzene rings is 8. The largest absolute Gasteiger partial charge is 0.335 e. The lowest BCUT2D eigenvalue weighted by molar-refractivity contribution is 0.980. The van der Waals surface area contributed by atoms with Gasteiger partial charge in [-0.2, -0.15) is 0 Å². The van der Waals surface area contributed by atoms with Crippen LogP contribution < -0.4 is 4.90 Å². The summed E-state index contributed by atoms with van der Waals surface area (Å²) in [5.41, 5.74) is 9.93. The fourth-order valence-electron chi connectivity index (χ4n) is 8.78. The Balaban J connectivity index is 1.05. The van der Waals surface area contributed by atoms with Gasteiger partial charge in [0.25, 0.3) is 0 Å². The summed E-state index contributed by atoms with van der Waals surface area (Å²) in [7, 11) is 0. The van der Waals surface area contributed by atoms with Crippen LogP contribution in [0.2, 0.25) is 0 Å². The summed E-state index contributed by atoms with van der Waals surface area (Å²) in [4.78, 5) is 2.53. The molecule has 0 aliphatic heterocycles. The lowest BCUT2D eigenvalue weighted by atomic mass is 10.0. The number of para-hydroxylation sites is 3. The zero-order valence-electron chi connectivity index (χ0n) is 28.6. The average molecular weight is 711 g/mol. The lowest BCUT2D eigenvalue weighted by Crippen LogP contribution is -2.17. The highest BCUT2D eigenvalue weighted by molar-refractivity contribution is 7.26. The van der Waals surface area contributed by atoms with Gasteiger partial charge in [0.15, 0.2) is 0 Å². The first-order valence-electron chi connectivity index (χ1n) is 18.1. The first-order chi connectivity index (χ1) is 26.3. The van der Waals surface area contributed by atoms with Crippen LogP contribution in [-0.2, 0) is 6.54 Å². The number of rotatable bonds is 5. The third-order valence-corrected chi connectivity index (χ3v) is 13.5. The highest BCUT2D eigenvalue weighted by Gasteiger charge is 2.22. The smallest absolute Gasteiger partial charge is 0.0779 e. The van der Waals surface area contributed by atoms with Crippen LogP contribution in [0.5, 0.6) is 0 Å². The molecule has 0 saturated heterocycles. The third-order valence-electron chi connectivity index (χ3n) is 11.2. The normalized spacial score (nSPS) is 12.2. The van der Waals surface area contributed by atoms with E-state index in [0.717, 1.165) is 6.54 Å². The maximum absolute atomic E-state index is 2.53. The topological polar surface area (TPSA) is 7.65 Å². The second-order valence-electron chi connectivity index (χ2n) is 14.1. The van der Waals surface area contributed by atoms with E-state index in [1.165, 1.54) is 107 Å². The van der Waals surface area contributed by atoms with Gasteiger partial charge in [-0.05, 0) is 71.3 Å². The predicted octanol–water partition coefficient (Wildman–Crippen LogP) is 14.6. The van der Waals surface area contributed by atoms with E-state index < -0.39 is 0 Å². The van der Waals surface area contributed by atoms with E-state index in [4.69, 9.17) is 0 Å². The first-order valence-corrected chi connectivity index (χ1v) is 19.8. The molecule has 12 aromatic rings. The standard InChI is InChI=1S/C49H30N2S2/c1-4-15-42-34(9-1)38-12-7-13-39-40-14-8-16-43(49(40)51(42)48(38)39)50(29-30-19-26-46-41(27-30)36-11-3-6-18-45(36)52-46)33-23-20-31(21-24-33)32-22-25-37-35-10-2-5-17-44(35)53-47(37)28-32/h1-28H,29H2. The number of nitrogens with zero attached hydrogens (tertiary/aromatic N) is 2. The van der Waals surface area contributed by atoms with Gasteiger partial charge in [0.05, 0.1) is 22.2 Å². The Bertz CT molecular complexity index is 3380. The maximum Gasteiger partial charge on any atom is 0.0779 e. The van der Waals surface area contributed by atoms with Crippen molar-refractivity contribution in [2.45, 2.75) is 6.54 Å². The molecule has 12 rings (SSSR count). The maximum atomic E-state index is 2.53. The fraction of sp³-hybridized carbons (Fsp3) is 0.0204. The summed E-state index contributed by atoms with van der Waals surface area (Å²) >= 11 is 3.75. The SMILES string of the molecule is c1ccc2c(c1)sc1cc(-c3ccc(N(Cc4ccc5sc6ccccc6c5c4)c4cccc5c6cccc7c8ccccc8n(c45)c76)cc3)ccc12. The number of fused-ring (bicyclic) bond motifs is 12. The van der Waals surface area contributed by atoms with Crippen LogP contribution in [0.25, 0.3) is 89.6 Å². The van der Waals surface area contributed by atoms with Gasteiger partial charge in [-0.1, -0.05) is 115 Å². The summed E-state index contributed by atoms with van der Waals surface area (Å²) in [5.74, 6) is 0. The van der Waals surface area contributed by atoms with E-state index in [1.54, 1.807) is 0 Å². The van der Waals surface area contributed by atoms with Crippen molar-refractivity contribution in [3.8, 4) is 11.1 Å². The van der Waals surface area contributed by atoms with Crippen LogP contribution in [0.3, 0.4) is 0 Å². The van der Waals surface area contributed by atoms with Gasteiger partial charge in [-0.3, -0.25) is 0 Å². The molecule has 0 atom stereocenters. The number of aromatic nitrogens is 1. The number of thiophene rings is 2. The van der Waals surface area contributed by atoms with Gasteiger partial charge >= 0.3 is 0 Å². The molecule has 8 aromatic carbocycles. The Morgan fingerprint density at radius 2 is 0.981 bits per heavy atom. The highest BCUT2D eigenvalue weighted by Crippen LogP contribution is 2.45. The van der Waals surface area contributed by atoms with Crippen LogP contribution in [0, 0.1) is 0 Å². The van der Waals surface area contributed by atoms with Gasteiger partial charge in [0.1, 0.15) is 0 Å². The molecule has 0 unspecified atom stereocenters. The second kappa shape index (κ2) is 11.1. The molecule has 4 heteroatoms. The Hall–Kier alpha value is -6.20. The number of anilines is 2. The van der Waals surface area contributed by atoms with Crippen molar-refractivity contribution < 1.29 is 0 Å². The lowest BCUT2D eigenvalue weighted by Gasteiger charge is -2.27. The Labute approximate surface area is 313 Å². The van der Waals surface area contributed by atoms with Gasteiger partial charge in [-0.25, -0.2) is 0 Å². The second-order valence-corrected chi connectivity index (χ2v) is 16.3. The molecular formula is C49H30N2S2. The van der Waals surface area contributed by atoms with E-state index in [0.29, 0.717) is 0 Å². The van der Waals surface area contributed by atoms with Gasteiger partial charge in [-0.15, -0.1) is 22.7 Å². The molecule has 53 heavy (non-hydrogen) atoms.